The van der Waals surface area contributed by atoms with Crippen LogP contribution in [0.25, 0.3) is 0 Å². The SMILES string of the molecule is CCc1ccc(/C=N/N2C(=O)C(CC(=O)NCc3ccccc3)SC2=NC)cc1. The fraction of sp³-hybridized carbons (Fsp3) is 0.273. The number of thioether (sulfide) groups is 1. The molecule has 1 unspecified atom stereocenters. The first-order valence-electron chi connectivity index (χ1n) is 9.51. The molecule has 29 heavy (non-hydrogen) atoms. The Labute approximate surface area is 175 Å². The average Bonchev–Trinajstić information content (AvgIpc) is 3.06. The Morgan fingerprint density at radius 3 is 2.52 bits per heavy atom. The summed E-state index contributed by atoms with van der Waals surface area (Å²) in [6.07, 6.45) is 2.70. The van der Waals surface area contributed by atoms with Gasteiger partial charge < -0.3 is 5.32 Å². The summed E-state index contributed by atoms with van der Waals surface area (Å²) in [6, 6.07) is 17.7. The summed E-state index contributed by atoms with van der Waals surface area (Å²) in [7, 11) is 1.62. The molecule has 2 aromatic rings. The predicted octanol–water partition coefficient (Wildman–Crippen LogP) is 3.22. The fourth-order valence-corrected chi connectivity index (χ4v) is 3.87. The summed E-state index contributed by atoms with van der Waals surface area (Å²) in [5, 5.41) is 8.43. The fourth-order valence-electron chi connectivity index (χ4n) is 2.84. The van der Waals surface area contributed by atoms with Crippen LogP contribution in [0, 0.1) is 0 Å². The van der Waals surface area contributed by atoms with E-state index in [9.17, 15) is 9.59 Å². The Kier molecular flexibility index (Phi) is 7.19. The van der Waals surface area contributed by atoms with Gasteiger partial charge in [-0.2, -0.15) is 10.1 Å². The largest absolute Gasteiger partial charge is 0.352 e. The van der Waals surface area contributed by atoms with Crippen LogP contribution in [-0.2, 0) is 22.6 Å². The second-order valence-electron chi connectivity index (χ2n) is 6.57. The third kappa shape index (κ3) is 5.54. The van der Waals surface area contributed by atoms with Crippen LogP contribution in [0.4, 0.5) is 0 Å². The summed E-state index contributed by atoms with van der Waals surface area (Å²) in [6.45, 7) is 2.54. The first-order chi connectivity index (χ1) is 14.1. The molecule has 3 rings (SSSR count). The second kappa shape index (κ2) is 10.0. The number of hydrogen-bond donors (Lipinski definition) is 1. The van der Waals surface area contributed by atoms with E-state index >= 15 is 0 Å². The molecule has 1 aliphatic rings. The van der Waals surface area contributed by atoms with E-state index in [2.05, 4.69) is 22.3 Å². The first-order valence-corrected chi connectivity index (χ1v) is 10.4. The molecule has 1 heterocycles. The van der Waals surface area contributed by atoms with Crippen LogP contribution in [0.3, 0.4) is 0 Å². The molecule has 1 aliphatic heterocycles. The topological polar surface area (TPSA) is 74.1 Å². The van der Waals surface area contributed by atoms with E-state index in [1.807, 2.05) is 54.6 Å². The zero-order chi connectivity index (χ0) is 20.6. The summed E-state index contributed by atoms with van der Waals surface area (Å²) < 4.78 is 0. The van der Waals surface area contributed by atoms with Gasteiger partial charge in [-0.25, -0.2) is 0 Å². The molecule has 1 saturated heterocycles. The minimum atomic E-state index is -0.524. The molecule has 0 aliphatic carbocycles. The zero-order valence-electron chi connectivity index (χ0n) is 16.5. The molecule has 7 heteroatoms. The number of hydrazone groups is 1. The van der Waals surface area contributed by atoms with Gasteiger partial charge >= 0.3 is 0 Å². The molecular weight excluding hydrogens is 384 g/mol. The van der Waals surface area contributed by atoms with E-state index in [4.69, 9.17) is 0 Å². The minimum absolute atomic E-state index is 0.0899. The monoisotopic (exact) mass is 408 g/mol. The highest BCUT2D eigenvalue weighted by atomic mass is 32.2. The van der Waals surface area contributed by atoms with Crippen molar-refractivity contribution in [2.45, 2.75) is 31.6 Å². The Bertz CT molecular complexity index is 910. The summed E-state index contributed by atoms with van der Waals surface area (Å²) in [5.41, 5.74) is 3.16. The van der Waals surface area contributed by atoms with Crippen LogP contribution >= 0.6 is 11.8 Å². The standard InChI is InChI=1S/C22H24N4O2S/c1-3-16-9-11-18(12-10-16)15-25-26-21(28)19(29-22(26)23-2)13-20(27)24-14-17-7-5-4-6-8-17/h4-12,15,19H,3,13-14H2,1-2H3,(H,24,27)/b23-22?,25-15+. The number of aryl methyl sites for hydroxylation is 1. The molecule has 0 aromatic heterocycles. The van der Waals surface area contributed by atoms with Gasteiger partial charge in [-0.1, -0.05) is 73.3 Å². The van der Waals surface area contributed by atoms with E-state index in [1.54, 1.807) is 13.3 Å². The number of nitrogens with one attached hydrogen (secondary N) is 1. The lowest BCUT2D eigenvalue weighted by Crippen LogP contribution is -2.32. The highest BCUT2D eigenvalue weighted by Crippen LogP contribution is 2.29. The van der Waals surface area contributed by atoms with Crippen molar-refractivity contribution in [2.24, 2.45) is 10.1 Å². The number of amides is 2. The maximum Gasteiger partial charge on any atom is 0.263 e. The van der Waals surface area contributed by atoms with Gasteiger partial charge in [0.05, 0.1) is 6.21 Å². The van der Waals surface area contributed by atoms with E-state index in [0.717, 1.165) is 17.5 Å². The van der Waals surface area contributed by atoms with Gasteiger partial charge in [-0.15, -0.1) is 0 Å². The Morgan fingerprint density at radius 1 is 1.14 bits per heavy atom. The van der Waals surface area contributed by atoms with Crippen LogP contribution in [0.15, 0.2) is 64.7 Å². The van der Waals surface area contributed by atoms with E-state index < -0.39 is 5.25 Å². The number of aliphatic imine (C=N–C) groups is 1. The lowest BCUT2D eigenvalue weighted by atomic mass is 10.1. The maximum atomic E-state index is 12.7. The highest BCUT2D eigenvalue weighted by molar-refractivity contribution is 8.15. The number of benzene rings is 2. The van der Waals surface area contributed by atoms with Crippen molar-refractivity contribution in [1.82, 2.24) is 10.3 Å². The number of hydrogen-bond acceptors (Lipinski definition) is 5. The lowest BCUT2D eigenvalue weighted by Gasteiger charge is -2.10. The van der Waals surface area contributed by atoms with Crippen molar-refractivity contribution >= 4 is 35.0 Å². The van der Waals surface area contributed by atoms with E-state index in [0.29, 0.717) is 11.7 Å². The van der Waals surface area contributed by atoms with Crippen LogP contribution in [0.1, 0.15) is 30.0 Å². The van der Waals surface area contributed by atoms with Crippen LogP contribution < -0.4 is 5.32 Å². The molecular formula is C22H24N4O2S. The first kappa shape index (κ1) is 20.8. The second-order valence-corrected chi connectivity index (χ2v) is 7.74. The number of amidine groups is 1. The summed E-state index contributed by atoms with van der Waals surface area (Å²) >= 11 is 1.27. The van der Waals surface area contributed by atoms with Crippen LogP contribution in [0.5, 0.6) is 0 Å². The predicted molar refractivity (Wildman–Crippen MR) is 118 cm³/mol. The molecule has 2 aromatic carbocycles. The van der Waals surface area contributed by atoms with Crippen LogP contribution in [0.2, 0.25) is 0 Å². The van der Waals surface area contributed by atoms with E-state index in [-0.39, 0.29) is 18.2 Å². The molecule has 1 atom stereocenters. The van der Waals surface area contributed by atoms with Crippen molar-refractivity contribution in [2.75, 3.05) is 7.05 Å². The van der Waals surface area contributed by atoms with Gasteiger partial charge in [-0.05, 0) is 23.1 Å². The molecule has 0 spiro atoms. The zero-order valence-corrected chi connectivity index (χ0v) is 17.4. The Balaban J connectivity index is 1.59. The van der Waals surface area contributed by atoms with Crippen molar-refractivity contribution in [3.63, 3.8) is 0 Å². The molecule has 2 amide bonds. The molecule has 0 saturated carbocycles. The Hall–Kier alpha value is -2.93. The van der Waals surface area contributed by atoms with E-state index in [1.165, 1.54) is 22.3 Å². The molecule has 0 bridgehead atoms. The third-order valence-electron chi connectivity index (χ3n) is 4.52. The lowest BCUT2D eigenvalue weighted by molar-refractivity contribution is -0.129. The number of carbonyl (C=O) groups is 2. The third-order valence-corrected chi connectivity index (χ3v) is 5.74. The average molecular weight is 409 g/mol. The van der Waals surface area contributed by atoms with Crippen molar-refractivity contribution in [3.05, 3.63) is 71.3 Å². The van der Waals surface area contributed by atoms with Gasteiger partial charge in [0.1, 0.15) is 5.25 Å². The van der Waals surface area contributed by atoms with Crippen molar-refractivity contribution in [1.29, 1.82) is 0 Å². The number of nitrogens with zero attached hydrogens (tertiary/aromatic N) is 3. The molecule has 150 valence electrons. The molecule has 6 nitrogen and oxygen atoms in total. The minimum Gasteiger partial charge on any atom is -0.352 e. The van der Waals surface area contributed by atoms with Gasteiger partial charge in [0.15, 0.2) is 5.17 Å². The smallest absolute Gasteiger partial charge is 0.263 e. The van der Waals surface area contributed by atoms with Gasteiger partial charge in [0, 0.05) is 20.0 Å². The summed E-state index contributed by atoms with van der Waals surface area (Å²) in [5.74, 6) is -0.400. The highest BCUT2D eigenvalue weighted by Gasteiger charge is 2.39. The maximum absolute atomic E-state index is 12.7. The quantitative estimate of drug-likeness (QED) is 0.715. The van der Waals surface area contributed by atoms with Gasteiger partial charge in [-0.3, -0.25) is 14.6 Å². The van der Waals surface area contributed by atoms with Gasteiger partial charge in [0.25, 0.3) is 5.91 Å². The normalized spacial score (nSPS) is 18.0. The molecule has 0 radical (unpaired) electrons. The summed E-state index contributed by atoms with van der Waals surface area (Å²) in [4.78, 5) is 29.2. The van der Waals surface area contributed by atoms with Crippen molar-refractivity contribution < 1.29 is 9.59 Å². The molecule has 1 N–H and O–H groups in total. The van der Waals surface area contributed by atoms with Crippen LogP contribution in [-0.4, -0.2) is 40.5 Å². The number of rotatable bonds is 7. The number of carbonyl (C=O) groups excluding carboxylic acids is 2. The molecule has 1 fully saturated rings. The van der Waals surface area contributed by atoms with Gasteiger partial charge in [0.2, 0.25) is 5.91 Å². The Morgan fingerprint density at radius 2 is 1.86 bits per heavy atom. The van der Waals surface area contributed by atoms with Crippen molar-refractivity contribution in [3.8, 4) is 0 Å².